The summed E-state index contributed by atoms with van der Waals surface area (Å²) in [7, 11) is 1.74. The molecule has 0 aliphatic heterocycles. The monoisotopic (exact) mass is 450 g/mol. The number of hydrogen-bond acceptors (Lipinski definition) is 4. The molecule has 2 aromatic rings. The fourth-order valence-electron chi connectivity index (χ4n) is 2.69. The molecule has 0 aliphatic rings. The van der Waals surface area contributed by atoms with Gasteiger partial charge in [-0.2, -0.15) is 0 Å². The van der Waals surface area contributed by atoms with Crippen LogP contribution in [0.25, 0.3) is 0 Å². The number of hydrogen-bond donors (Lipinski definition) is 0. The Morgan fingerprint density at radius 2 is 1.61 bits per heavy atom. The number of esters is 1. The maximum atomic E-state index is 12.4. The standard InChI is InChI=1S/C23H30O4Se/c1-16(2)22(23(24)26-17(3)4)27-19-13-9-10-14-21(19)28-15-20(25-5)18-11-7-6-8-12-18/h6-14,16-17,20,22H,15H2,1-5H3/t20?,22-/m1/s1. The van der Waals surface area contributed by atoms with Gasteiger partial charge in [0.2, 0.25) is 0 Å². The van der Waals surface area contributed by atoms with E-state index in [4.69, 9.17) is 14.2 Å². The Labute approximate surface area is 174 Å². The van der Waals surface area contributed by atoms with E-state index in [1.807, 2.05) is 64.1 Å². The van der Waals surface area contributed by atoms with Gasteiger partial charge in [-0.3, -0.25) is 0 Å². The fourth-order valence-corrected chi connectivity index (χ4v) is 4.99. The summed E-state index contributed by atoms with van der Waals surface area (Å²) in [4.78, 5) is 12.4. The van der Waals surface area contributed by atoms with Crippen molar-refractivity contribution in [1.82, 2.24) is 0 Å². The van der Waals surface area contributed by atoms with E-state index in [2.05, 4.69) is 18.2 Å². The first-order valence-corrected chi connectivity index (χ1v) is 11.7. The molecule has 1 unspecified atom stereocenters. The van der Waals surface area contributed by atoms with E-state index in [0.29, 0.717) is 0 Å². The normalized spacial score (nSPS) is 13.4. The number of rotatable bonds is 10. The summed E-state index contributed by atoms with van der Waals surface area (Å²) in [6.45, 7) is 7.63. The van der Waals surface area contributed by atoms with Crippen LogP contribution >= 0.6 is 0 Å². The number of ether oxygens (including phenoxy) is 3. The fraction of sp³-hybridized carbons (Fsp3) is 0.435. The second-order valence-electron chi connectivity index (χ2n) is 7.16. The molecular weight excluding hydrogens is 419 g/mol. The van der Waals surface area contributed by atoms with Crippen LogP contribution < -0.4 is 9.20 Å². The molecule has 2 atom stereocenters. The van der Waals surface area contributed by atoms with Gasteiger partial charge in [0.05, 0.1) is 0 Å². The predicted molar refractivity (Wildman–Crippen MR) is 113 cm³/mol. The summed E-state index contributed by atoms with van der Waals surface area (Å²) in [5.74, 6) is 0.457. The van der Waals surface area contributed by atoms with Crippen LogP contribution in [0.15, 0.2) is 54.6 Å². The average Bonchev–Trinajstić information content (AvgIpc) is 2.67. The number of para-hydroxylation sites is 1. The second-order valence-corrected chi connectivity index (χ2v) is 9.39. The van der Waals surface area contributed by atoms with Crippen molar-refractivity contribution < 1.29 is 19.0 Å². The van der Waals surface area contributed by atoms with Gasteiger partial charge in [-0.25, -0.2) is 0 Å². The third-order valence-corrected chi connectivity index (χ3v) is 6.48. The summed E-state index contributed by atoms with van der Waals surface area (Å²) in [6.07, 6.45) is -0.738. The molecule has 4 nitrogen and oxygen atoms in total. The van der Waals surface area contributed by atoms with Gasteiger partial charge in [-0.15, -0.1) is 0 Å². The maximum absolute atomic E-state index is 12.4. The Kier molecular flexibility index (Phi) is 9.03. The van der Waals surface area contributed by atoms with Gasteiger partial charge in [-0.05, 0) is 0 Å². The Hall–Kier alpha value is -1.81. The molecular formula is C23H30O4Se. The van der Waals surface area contributed by atoms with E-state index in [9.17, 15) is 4.79 Å². The van der Waals surface area contributed by atoms with E-state index in [1.54, 1.807) is 7.11 Å². The van der Waals surface area contributed by atoms with Crippen LogP contribution in [-0.4, -0.2) is 40.2 Å². The number of benzene rings is 2. The van der Waals surface area contributed by atoms with Crippen molar-refractivity contribution in [2.24, 2.45) is 5.92 Å². The summed E-state index contributed by atoms with van der Waals surface area (Å²) >= 11 is 0.136. The quantitative estimate of drug-likeness (QED) is 0.403. The molecule has 2 rings (SSSR count). The molecule has 0 bridgehead atoms. The van der Waals surface area contributed by atoms with Crippen LogP contribution in [-0.2, 0) is 14.3 Å². The third-order valence-electron chi connectivity index (χ3n) is 4.14. The molecule has 0 spiro atoms. The number of methoxy groups -OCH3 is 1. The number of carbonyl (C=O) groups excluding carboxylic acids is 1. The Balaban J connectivity index is 2.12. The van der Waals surface area contributed by atoms with E-state index in [-0.39, 0.29) is 39.1 Å². The first kappa shape index (κ1) is 22.5. The molecule has 28 heavy (non-hydrogen) atoms. The molecule has 0 N–H and O–H groups in total. The number of carbonyl (C=O) groups is 1. The minimum atomic E-state index is -0.619. The summed E-state index contributed by atoms with van der Waals surface area (Å²) in [5, 5.41) is 0.886. The summed E-state index contributed by atoms with van der Waals surface area (Å²) in [6, 6.07) is 18.2. The molecule has 5 heteroatoms. The van der Waals surface area contributed by atoms with Gasteiger partial charge in [0.25, 0.3) is 0 Å². The van der Waals surface area contributed by atoms with Crippen LogP contribution in [0.5, 0.6) is 5.75 Å². The van der Waals surface area contributed by atoms with Gasteiger partial charge in [-0.1, -0.05) is 0 Å². The van der Waals surface area contributed by atoms with Crippen molar-refractivity contribution in [2.45, 2.75) is 51.3 Å². The van der Waals surface area contributed by atoms with Gasteiger partial charge in [0.1, 0.15) is 0 Å². The van der Waals surface area contributed by atoms with Crippen LogP contribution in [0.4, 0.5) is 0 Å². The Bertz CT molecular complexity index is 730. The zero-order valence-corrected chi connectivity index (χ0v) is 19.0. The van der Waals surface area contributed by atoms with Gasteiger partial charge in [0.15, 0.2) is 0 Å². The van der Waals surface area contributed by atoms with Crippen LogP contribution in [0.1, 0.15) is 39.4 Å². The van der Waals surface area contributed by atoms with Crippen molar-refractivity contribution in [3.05, 3.63) is 60.2 Å². The molecule has 0 aliphatic carbocycles. The second kappa shape index (κ2) is 11.3. The topological polar surface area (TPSA) is 44.8 Å². The molecule has 0 amide bonds. The van der Waals surface area contributed by atoms with Crippen molar-refractivity contribution >= 4 is 25.4 Å². The molecule has 0 heterocycles. The molecule has 2 aromatic carbocycles. The first-order valence-electron chi connectivity index (χ1n) is 9.59. The van der Waals surface area contributed by atoms with Crippen LogP contribution in [0.3, 0.4) is 0 Å². The Morgan fingerprint density at radius 1 is 0.964 bits per heavy atom. The third kappa shape index (κ3) is 6.66. The molecule has 0 saturated carbocycles. The molecule has 0 saturated heterocycles. The SMILES string of the molecule is COC(C[Se]c1ccccc1O[C@@H](C(=O)OC(C)C)C(C)C)c1ccccc1. The van der Waals surface area contributed by atoms with E-state index in [0.717, 1.165) is 15.5 Å². The first-order chi connectivity index (χ1) is 13.4. The molecule has 0 radical (unpaired) electrons. The molecule has 152 valence electrons. The zero-order valence-electron chi connectivity index (χ0n) is 17.3. The average molecular weight is 449 g/mol. The van der Waals surface area contributed by atoms with Crippen molar-refractivity contribution in [3.8, 4) is 5.75 Å². The van der Waals surface area contributed by atoms with E-state index < -0.39 is 6.10 Å². The summed E-state index contributed by atoms with van der Waals surface area (Å²) < 4.78 is 18.3. The van der Waals surface area contributed by atoms with Crippen LogP contribution in [0, 0.1) is 5.92 Å². The molecule has 0 aromatic heterocycles. The van der Waals surface area contributed by atoms with Gasteiger partial charge >= 0.3 is 175 Å². The predicted octanol–water partition coefficient (Wildman–Crippen LogP) is 4.18. The Morgan fingerprint density at radius 3 is 2.21 bits per heavy atom. The summed E-state index contributed by atoms with van der Waals surface area (Å²) in [5.41, 5.74) is 1.17. The van der Waals surface area contributed by atoms with Crippen LogP contribution in [0.2, 0.25) is 5.32 Å². The zero-order chi connectivity index (χ0) is 20.5. The van der Waals surface area contributed by atoms with Crippen molar-refractivity contribution in [2.75, 3.05) is 7.11 Å². The van der Waals surface area contributed by atoms with E-state index in [1.165, 1.54) is 5.56 Å². The molecule has 0 fully saturated rings. The van der Waals surface area contributed by atoms with Crippen molar-refractivity contribution in [3.63, 3.8) is 0 Å². The van der Waals surface area contributed by atoms with E-state index >= 15 is 0 Å². The van der Waals surface area contributed by atoms with Crippen molar-refractivity contribution in [1.29, 1.82) is 0 Å². The van der Waals surface area contributed by atoms with Gasteiger partial charge < -0.3 is 0 Å². The minimum absolute atomic E-state index is 0.0165. The van der Waals surface area contributed by atoms with Gasteiger partial charge in [0, 0.05) is 0 Å².